The summed E-state index contributed by atoms with van der Waals surface area (Å²) in [4.78, 5) is 41.7. The van der Waals surface area contributed by atoms with E-state index in [4.69, 9.17) is 9.25 Å². The molecule has 2 heterocycles. The van der Waals surface area contributed by atoms with Crippen molar-refractivity contribution in [3.05, 3.63) is 70.7 Å². The summed E-state index contributed by atoms with van der Waals surface area (Å²) in [6, 6.07) is 10.4. The lowest BCUT2D eigenvalue weighted by Gasteiger charge is -2.11. The first-order chi connectivity index (χ1) is 12.0. The van der Waals surface area contributed by atoms with Gasteiger partial charge in [0.15, 0.2) is 11.4 Å². The molecule has 0 N–H and O–H groups in total. The molecule has 0 bridgehead atoms. The van der Waals surface area contributed by atoms with E-state index < -0.39 is 23.6 Å². The van der Waals surface area contributed by atoms with Crippen LogP contribution in [0.15, 0.2) is 46.9 Å². The Bertz CT molecular complexity index is 1030. The molecular weight excluding hydrogens is 329 g/mol. The highest BCUT2D eigenvalue weighted by Crippen LogP contribution is 2.29. The molecule has 0 unspecified atom stereocenters. The molecule has 1 aromatic heterocycles. The van der Waals surface area contributed by atoms with Crippen LogP contribution in [0.4, 0.5) is 4.39 Å². The molecule has 1 aliphatic heterocycles. The molecule has 2 aromatic carbocycles. The SMILES string of the molecule is Cc1c(C(=O)ON2C(=O)c3ccccc3C2=O)oc2c(F)cccc12. The van der Waals surface area contributed by atoms with Crippen molar-refractivity contribution < 1.29 is 28.0 Å². The van der Waals surface area contributed by atoms with Gasteiger partial charge in [-0.15, -0.1) is 0 Å². The zero-order valence-corrected chi connectivity index (χ0v) is 12.9. The quantitative estimate of drug-likeness (QED) is 0.670. The number of amides is 2. The molecule has 6 nitrogen and oxygen atoms in total. The minimum absolute atomic E-state index is 0.0886. The van der Waals surface area contributed by atoms with E-state index in [0.29, 0.717) is 16.0 Å². The molecule has 0 saturated carbocycles. The molecule has 7 heteroatoms. The summed E-state index contributed by atoms with van der Waals surface area (Å²) in [6.07, 6.45) is 0. The molecule has 0 spiro atoms. The highest BCUT2D eigenvalue weighted by atomic mass is 19.1. The van der Waals surface area contributed by atoms with Gasteiger partial charge in [-0.2, -0.15) is 0 Å². The zero-order valence-electron chi connectivity index (χ0n) is 12.9. The van der Waals surface area contributed by atoms with E-state index in [0.717, 1.165) is 0 Å². The van der Waals surface area contributed by atoms with Gasteiger partial charge in [0.1, 0.15) is 0 Å². The predicted octanol–water partition coefficient (Wildman–Crippen LogP) is 3.25. The molecule has 0 fully saturated rings. The summed E-state index contributed by atoms with van der Waals surface area (Å²) >= 11 is 0. The number of hydrogen-bond acceptors (Lipinski definition) is 5. The van der Waals surface area contributed by atoms with Crippen LogP contribution in [0, 0.1) is 12.7 Å². The van der Waals surface area contributed by atoms with Crippen LogP contribution >= 0.6 is 0 Å². The van der Waals surface area contributed by atoms with Crippen LogP contribution in [0.25, 0.3) is 11.0 Å². The fourth-order valence-electron chi connectivity index (χ4n) is 2.78. The van der Waals surface area contributed by atoms with E-state index in [-0.39, 0.29) is 22.5 Å². The van der Waals surface area contributed by atoms with Crippen molar-refractivity contribution >= 4 is 28.8 Å². The zero-order chi connectivity index (χ0) is 17.7. The van der Waals surface area contributed by atoms with Crippen LogP contribution in [-0.2, 0) is 4.84 Å². The van der Waals surface area contributed by atoms with Crippen LogP contribution in [0.1, 0.15) is 36.8 Å². The Hall–Kier alpha value is -3.48. The minimum atomic E-state index is -1.05. The van der Waals surface area contributed by atoms with Crippen LogP contribution in [-0.4, -0.2) is 22.8 Å². The number of carbonyl (C=O) groups is 3. The van der Waals surface area contributed by atoms with Gasteiger partial charge in [-0.1, -0.05) is 29.3 Å². The first-order valence-electron chi connectivity index (χ1n) is 7.36. The number of rotatable bonds is 2. The maximum absolute atomic E-state index is 13.8. The Balaban J connectivity index is 1.68. The van der Waals surface area contributed by atoms with Gasteiger partial charge in [-0.3, -0.25) is 9.59 Å². The van der Waals surface area contributed by atoms with E-state index >= 15 is 0 Å². The number of benzene rings is 2. The molecule has 124 valence electrons. The lowest BCUT2D eigenvalue weighted by molar-refractivity contribution is -0.0602. The second-order valence-corrected chi connectivity index (χ2v) is 5.50. The van der Waals surface area contributed by atoms with Gasteiger partial charge in [-0.25, -0.2) is 9.18 Å². The van der Waals surface area contributed by atoms with E-state index in [9.17, 15) is 18.8 Å². The molecule has 3 aromatic rings. The largest absolute Gasteiger partial charge is 0.446 e. The number of para-hydroxylation sites is 1. The minimum Gasteiger partial charge on any atom is -0.446 e. The average Bonchev–Trinajstić information content (AvgIpc) is 3.07. The van der Waals surface area contributed by atoms with E-state index in [1.807, 2.05) is 0 Å². The number of aryl methyl sites for hydroxylation is 1. The van der Waals surface area contributed by atoms with Crippen LogP contribution in [0.3, 0.4) is 0 Å². The van der Waals surface area contributed by atoms with Gasteiger partial charge in [0, 0.05) is 10.9 Å². The van der Waals surface area contributed by atoms with Gasteiger partial charge in [-0.05, 0) is 25.1 Å². The summed E-state index contributed by atoms with van der Waals surface area (Å²) in [5, 5.41) is 0.796. The van der Waals surface area contributed by atoms with Gasteiger partial charge in [0.25, 0.3) is 11.8 Å². The van der Waals surface area contributed by atoms with Crippen molar-refractivity contribution in [2.75, 3.05) is 0 Å². The average molecular weight is 339 g/mol. The molecule has 0 radical (unpaired) electrons. The fraction of sp³-hybridized carbons (Fsp3) is 0.0556. The van der Waals surface area contributed by atoms with Crippen molar-refractivity contribution in [1.29, 1.82) is 0 Å². The highest BCUT2D eigenvalue weighted by molar-refractivity contribution is 6.21. The first-order valence-corrected chi connectivity index (χ1v) is 7.36. The number of imide groups is 1. The second-order valence-electron chi connectivity index (χ2n) is 5.50. The van der Waals surface area contributed by atoms with Gasteiger partial charge >= 0.3 is 5.97 Å². The third kappa shape index (κ3) is 2.13. The summed E-state index contributed by atoms with van der Waals surface area (Å²) in [5.74, 6) is -3.43. The molecule has 4 rings (SSSR count). The number of carbonyl (C=O) groups excluding carboxylic acids is 3. The maximum Gasteiger partial charge on any atom is 0.399 e. The number of furan rings is 1. The number of fused-ring (bicyclic) bond motifs is 2. The summed E-state index contributed by atoms with van der Waals surface area (Å²) in [5.41, 5.74) is 0.561. The van der Waals surface area contributed by atoms with Crippen LogP contribution in [0.5, 0.6) is 0 Å². The van der Waals surface area contributed by atoms with E-state index in [1.54, 1.807) is 25.1 Å². The molecule has 1 aliphatic rings. The Morgan fingerprint density at radius 1 is 1.04 bits per heavy atom. The van der Waals surface area contributed by atoms with Gasteiger partial charge in [0.05, 0.1) is 11.1 Å². The summed E-state index contributed by atoms with van der Waals surface area (Å²) in [6.45, 7) is 1.56. The predicted molar refractivity (Wildman–Crippen MR) is 83.3 cm³/mol. The Labute approximate surface area is 140 Å². The Morgan fingerprint density at radius 3 is 2.28 bits per heavy atom. The molecule has 2 amide bonds. The van der Waals surface area contributed by atoms with Crippen molar-refractivity contribution in [1.82, 2.24) is 5.06 Å². The standard InChI is InChI=1S/C18H10FNO5/c1-9-10-7-4-8-13(19)15(10)24-14(9)18(23)25-20-16(21)11-5-2-3-6-12(11)17(20)22/h2-8H,1H3. The topological polar surface area (TPSA) is 76.8 Å². The lowest BCUT2D eigenvalue weighted by Crippen LogP contribution is -2.32. The Kier molecular flexibility index (Phi) is 3.18. The monoisotopic (exact) mass is 339 g/mol. The van der Waals surface area contributed by atoms with E-state index in [1.165, 1.54) is 24.3 Å². The molecule has 25 heavy (non-hydrogen) atoms. The first kappa shape index (κ1) is 15.1. The van der Waals surface area contributed by atoms with Crippen molar-refractivity contribution in [3.63, 3.8) is 0 Å². The van der Waals surface area contributed by atoms with Crippen LogP contribution < -0.4 is 0 Å². The number of hydrogen-bond donors (Lipinski definition) is 0. The fourth-order valence-corrected chi connectivity index (χ4v) is 2.78. The lowest BCUT2D eigenvalue weighted by atomic mass is 10.1. The summed E-state index contributed by atoms with van der Waals surface area (Å²) < 4.78 is 19.0. The normalized spacial score (nSPS) is 13.4. The Morgan fingerprint density at radius 2 is 1.68 bits per heavy atom. The third-order valence-electron chi connectivity index (χ3n) is 4.03. The van der Waals surface area contributed by atoms with Crippen molar-refractivity contribution in [3.8, 4) is 0 Å². The van der Waals surface area contributed by atoms with E-state index in [2.05, 4.69) is 0 Å². The molecule has 0 saturated heterocycles. The van der Waals surface area contributed by atoms with Crippen molar-refractivity contribution in [2.45, 2.75) is 6.92 Å². The maximum atomic E-state index is 13.8. The number of nitrogens with zero attached hydrogens (tertiary/aromatic N) is 1. The highest BCUT2D eigenvalue weighted by Gasteiger charge is 2.39. The molecule has 0 aliphatic carbocycles. The summed E-state index contributed by atoms with van der Waals surface area (Å²) in [7, 11) is 0. The molecular formula is C18H10FNO5. The van der Waals surface area contributed by atoms with Crippen molar-refractivity contribution in [2.24, 2.45) is 0 Å². The number of hydroxylamine groups is 2. The molecule has 0 atom stereocenters. The second kappa shape index (κ2) is 5.27. The third-order valence-corrected chi connectivity index (χ3v) is 4.03. The van der Waals surface area contributed by atoms with Gasteiger partial charge in [0.2, 0.25) is 5.76 Å². The smallest absolute Gasteiger partial charge is 0.399 e. The van der Waals surface area contributed by atoms with Gasteiger partial charge < -0.3 is 9.25 Å². The number of halogens is 1. The van der Waals surface area contributed by atoms with Crippen LogP contribution in [0.2, 0.25) is 0 Å².